The summed E-state index contributed by atoms with van der Waals surface area (Å²) in [7, 11) is 0. The van der Waals surface area contributed by atoms with Gasteiger partial charge in [-0.25, -0.2) is 0 Å². The van der Waals surface area contributed by atoms with Gasteiger partial charge in [0.2, 0.25) is 0 Å². The number of aliphatic hydroxyl groups excluding tert-OH is 1. The fraction of sp³-hybridized carbons (Fsp3) is 0.667. The van der Waals surface area contributed by atoms with Gasteiger partial charge in [0.15, 0.2) is 0 Å². The van der Waals surface area contributed by atoms with Crippen LogP contribution in [0.4, 0.5) is 0 Å². The van der Waals surface area contributed by atoms with Crippen LogP contribution in [0.5, 0.6) is 0 Å². The van der Waals surface area contributed by atoms with Gasteiger partial charge < -0.3 is 10.4 Å². The Morgan fingerprint density at radius 1 is 1.20 bits per heavy atom. The average molecular weight is 277 g/mol. The molecule has 0 radical (unpaired) electrons. The van der Waals surface area contributed by atoms with Gasteiger partial charge in [0.05, 0.1) is 6.61 Å². The van der Waals surface area contributed by atoms with E-state index in [4.69, 9.17) is 0 Å². The predicted molar refractivity (Wildman–Crippen MR) is 87.3 cm³/mol. The lowest BCUT2D eigenvalue weighted by atomic mass is 9.86. The first-order valence-electron chi connectivity index (χ1n) is 7.79. The predicted octanol–water partition coefficient (Wildman–Crippen LogP) is 3.80. The van der Waals surface area contributed by atoms with Crippen molar-refractivity contribution in [3.63, 3.8) is 0 Å². The van der Waals surface area contributed by atoms with Crippen LogP contribution in [0.2, 0.25) is 0 Å². The molecule has 1 unspecified atom stereocenters. The molecule has 0 aliphatic carbocycles. The molecule has 1 aromatic rings. The zero-order valence-electron chi connectivity index (χ0n) is 13.8. The van der Waals surface area contributed by atoms with Gasteiger partial charge in [-0.05, 0) is 48.9 Å². The van der Waals surface area contributed by atoms with Crippen LogP contribution in [-0.2, 0) is 0 Å². The lowest BCUT2D eigenvalue weighted by molar-refractivity contribution is 0.256. The molecule has 20 heavy (non-hydrogen) atoms. The molecule has 0 bridgehead atoms. The average Bonchev–Trinajstić information content (AvgIpc) is 2.41. The van der Waals surface area contributed by atoms with Crippen LogP contribution in [0.3, 0.4) is 0 Å². The Morgan fingerprint density at radius 2 is 1.80 bits per heavy atom. The fourth-order valence-corrected chi connectivity index (χ4v) is 2.61. The monoisotopic (exact) mass is 277 g/mol. The van der Waals surface area contributed by atoms with E-state index in [1.807, 2.05) is 0 Å². The van der Waals surface area contributed by atoms with Crippen molar-refractivity contribution >= 4 is 0 Å². The van der Waals surface area contributed by atoms with Crippen LogP contribution >= 0.6 is 0 Å². The maximum atomic E-state index is 9.69. The smallest absolute Gasteiger partial charge is 0.0512 e. The molecule has 1 atom stereocenters. The zero-order valence-corrected chi connectivity index (χ0v) is 13.8. The van der Waals surface area contributed by atoms with Crippen molar-refractivity contribution in [2.75, 3.05) is 19.7 Å². The number of hydrogen-bond donors (Lipinski definition) is 2. The molecule has 0 aliphatic rings. The Labute approximate surface area is 124 Å². The van der Waals surface area contributed by atoms with Crippen LogP contribution in [0.15, 0.2) is 18.2 Å². The molecule has 2 nitrogen and oxygen atoms in total. The maximum Gasteiger partial charge on any atom is 0.0512 e. The van der Waals surface area contributed by atoms with Crippen molar-refractivity contribution in [1.29, 1.82) is 0 Å². The summed E-state index contributed by atoms with van der Waals surface area (Å²) in [4.78, 5) is 0. The molecule has 114 valence electrons. The van der Waals surface area contributed by atoms with E-state index in [1.165, 1.54) is 29.5 Å². The molecule has 0 aliphatic heterocycles. The largest absolute Gasteiger partial charge is 0.396 e. The topological polar surface area (TPSA) is 32.3 Å². The second kappa shape index (κ2) is 7.80. The molecule has 1 aromatic carbocycles. The second-order valence-corrected chi connectivity index (χ2v) is 6.66. The highest BCUT2D eigenvalue weighted by Crippen LogP contribution is 2.25. The summed E-state index contributed by atoms with van der Waals surface area (Å²) in [6.45, 7) is 13.2. The first kappa shape index (κ1) is 17.2. The summed E-state index contributed by atoms with van der Waals surface area (Å²) in [5.41, 5.74) is 4.26. The third-order valence-corrected chi connectivity index (χ3v) is 4.50. The standard InChI is InChI=1S/C18H31NO/c1-6-18(4,5)10-11-19-12-16(13-20)17-14(2)8-7-9-15(17)3/h7-9,16,19-20H,6,10-13H2,1-5H3. The second-order valence-electron chi connectivity index (χ2n) is 6.66. The first-order valence-corrected chi connectivity index (χ1v) is 7.79. The zero-order chi connectivity index (χ0) is 15.2. The molecule has 2 heteroatoms. The van der Waals surface area contributed by atoms with E-state index in [-0.39, 0.29) is 12.5 Å². The summed E-state index contributed by atoms with van der Waals surface area (Å²) in [6.07, 6.45) is 2.38. The molecule has 0 amide bonds. The van der Waals surface area contributed by atoms with Crippen molar-refractivity contribution in [2.24, 2.45) is 5.41 Å². The molecule has 1 rings (SSSR count). The number of nitrogens with one attached hydrogen (secondary N) is 1. The third-order valence-electron chi connectivity index (χ3n) is 4.50. The quantitative estimate of drug-likeness (QED) is 0.708. The Bertz CT molecular complexity index is 392. The van der Waals surface area contributed by atoms with E-state index >= 15 is 0 Å². The minimum absolute atomic E-state index is 0.195. The maximum absolute atomic E-state index is 9.69. The molecule has 0 saturated heterocycles. The van der Waals surface area contributed by atoms with Crippen LogP contribution in [-0.4, -0.2) is 24.8 Å². The molecule has 2 N–H and O–H groups in total. The van der Waals surface area contributed by atoms with E-state index < -0.39 is 0 Å². The van der Waals surface area contributed by atoms with E-state index in [0.717, 1.165) is 13.1 Å². The van der Waals surface area contributed by atoms with Crippen LogP contribution in [0.1, 0.15) is 56.2 Å². The van der Waals surface area contributed by atoms with Crippen molar-refractivity contribution in [1.82, 2.24) is 5.32 Å². The number of aliphatic hydroxyl groups is 1. The van der Waals surface area contributed by atoms with E-state index in [2.05, 4.69) is 58.1 Å². The number of aryl methyl sites for hydroxylation is 2. The normalized spacial score (nSPS) is 13.5. The first-order chi connectivity index (χ1) is 9.41. The Kier molecular flexibility index (Phi) is 6.70. The third kappa shape index (κ3) is 4.92. The SMILES string of the molecule is CCC(C)(C)CCNCC(CO)c1c(C)cccc1C. The molecular weight excluding hydrogens is 246 g/mol. The van der Waals surface area contributed by atoms with Gasteiger partial charge in [0.25, 0.3) is 0 Å². The van der Waals surface area contributed by atoms with Gasteiger partial charge in [-0.3, -0.25) is 0 Å². The van der Waals surface area contributed by atoms with E-state index in [9.17, 15) is 5.11 Å². The van der Waals surface area contributed by atoms with Crippen LogP contribution in [0.25, 0.3) is 0 Å². The summed E-state index contributed by atoms with van der Waals surface area (Å²) < 4.78 is 0. The lowest BCUT2D eigenvalue weighted by Crippen LogP contribution is -2.28. The fourth-order valence-electron chi connectivity index (χ4n) is 2.61. The number of rotatable bonds is 8. The van der Waals surface area contributed by atoms with Crippen molar-refractivity contribution < 1.29 is 5.11 Å². The van der Waals surface area contributed by atoms with Crippen molar-refractivity contribution in [3.05, 3.63) is 34.9 Å². The summed E-state index contributed by atoms with van der Waals surface area (Å²) in [5, 5.41) is 13.2. The number of hydrogen-bond acceptors (Lipinski definition) is 2. The van der Waals surface area contributed by atoms with Gasteiger partial charge in [0, 0.05) is 12.5 Å². The van der Waals surface area contributed by atoms with E-state index in [0.29, 0.717) is 5.41 Å². The molecule has 0 fully saturated rings. The summed E-state index contributed by atoms with van der Waals surface area (Å²) in [5.74, 6) is 0.195. The van der Waals surface area contributed by atoms with Crippen molar-refractivity contribution in [2.45, 2.75) is 53.4 Å². The number of benzene rings is 1. The van der Waals surface area contributed by atoms with Gasteiger partial charge in [-0.1, -0.05) is 45.4 Å². The van der Waals surface area contributed by atoms with Gasteiger partial charge in [-0.2, -0.15) is 0 Å². The van der Waals surface area contributed by atoms with Gasteiger partial charge in [-0.15, -0.1) is 0 Å². The molecule has 0 aromatic heterocycles. The van der Waals surface area contributed by atoms with Crippen LogP contribution < -0.4 is 5.32 Å². The summed E-state index contributed by atoms with van der Waals surface area (Å²) >= 11 is 0. The highest BCUT2D eigenvalue weighted by molar-refractivity contribution is 5.36. The Morgan fingerprint density at radius 3 is 2.30 bits per heavy atom. The Hall–Kier alpha value is -0.860. The lowest BCUT2D eigenvalue weighted by Gasteiger charge is -2.24. The highest BCUT2D eigenvalue weighted by atomic mass is 16.3. The highest BCUT2D eigenvalue weighted by Gasteiger charge is 2.17. The molecule has 0 heterocycles. The minimum Gasteiger partial charge on any atom is -0.396 e. The summed E-state index contributed by atoms with van der Waals surface area (Å²) in [6, 6.07) is 6.34. The van der Waals surface area contributed by atoms with Gasteiger partial charge in [0.1, 0.15) is 0 Å². The molecule has 0 saturated carbocycles. The minimum atomic E-state index is 0.195. The Balaban J connectivity index is 2.56. The van der Waals surface area contributed by atoms with Gasteiger partial charge >= 0.3 is 0 Å². The van der Waals surface area contributed by atoms with Crippen molar-refractivity contribution in [3.8, 4) is 0 Å². The molecule has 0 spiro atoms. The van der Waals surface area contributed by atoms with E-state index in [1.54, 1.807) is 0 Å². The molecular formula is C18H31NO. The van der Waals surface area contributed by atoms with Crippen LogP contribution in [0, 0.1) is 19.3 Å².